The fourth-order valence-corrected chi connectivity index (χ4v) is 3.74. The van der Waals surface area contributed by atoms with Crippen molar-refractivity contribution in [2.45, 2.75) is 26.3 Å². The second-order valence-electron chi connectivity index (χ2n) is 6.26. The molecule has 0 atom stereocenters. The number of nitrogens with zero attached hydrogens (tertiary/aromatic N) is 2. The van der Waals surface area contributed by atoms with E-state index in [4.69, 9.17) is 11.6 Å². The van der Waals surface area contributed by atoms with Gasteiger partial charge >= 0.3 is 5.97 Å². The molecule has 3 aromatic rings. The van der Waals surface area contributed by atoms with Gasteiger partial charge in [0.05, 0.1) is 18.4 Å². The van der Waals surface area contributed by atoms with E-state index >= 15 is 0 Å². The van der Waals surface area contributed by atoms with Crippen molar-refractivity contribution < 1.29 is 9.90 Å². The maximum Gasteiger partial charge on any atom is 0.332 e. The maximum atomic E-state index is 11.8. The Hall–Kier alpha value is -2.63. The standard InChI is InChI=1S/C22H21ClN2O2S/c1-2-3-10-21-24-14-18(25(21)15-16-7-4-5-9-20(16)23)12-17(22(26)27)13-19-8-6-11-28-19/h3-12,14H,2,13,15H2,1H3,(H,26,27). The number of aromatic nitrogens is 2. The summed E-state index contributed by atoms with van der Waals surface area (Å²) in [5.41, 5.74) is 2.02. The third-order valence-electron chi connectivity index (χ3n) is 4.25. The lowest BCUT2D eigenvalue weighted by atomic mass is 10.1. The van der Waals surface area contributed by atoms with E-state index in [0.29, 0.717) is 23.6 Å². The maximum absolute atomic E-state index is 11.8. The predicted octanol–water partition coefficient (Wildman–Crippen LogP) is 5.78. The normalized spacial score (nSPS) is 12.0. The fraction of sp³-hybridized carbons (Fsp3) is 0.182. The quantitative estimate of drug-likeness (QED) is 0.477. The first-order chi connectivity index (χ1) is 13.6. The van der Waals surface area contributed by atoms with Crippen molar-refractivity contribution in [2.24, 2.45) is 0 Å². The van der Waals surface area contributed by atoms with Crippen LogP contribution in [0, 0.1) is 0 Å². The molecule has 0 spiro atoms. The summed E-state index contributed by atoms with van der Waals surface area (Å²) in [6.07, 6.45) is 8.67. The molecule has 2 heterocycles. The number of allylic oxidation sites excluding steroid dienone is 1. The van der Waals surface area contributed by atoms with E-state index in [-0.39, 0.29) is 0 Å². The van der Waals surface area contributed by atoms with Crippen LogP contribution in [0.5, 0.6) is 0 Å². The van der Waals surface area contributed by atoms with Gasteiger partial charge in [-0.3, -0.25) is 0 Å². The predicted molar refractivity (Wildman–Crippen MR) is 116 cm³/mol. The van der Waals surface area contributed by atoms with Crippen LogP contribution in [0.15, 0.2) is 59.6 Å². The number of carboxylic acids is 1. The first kappa shape index (κ1) is 20.1. The van der Waals surface area contributed by atoms with Gasteiger partial charge in [-0.05, 0) is 41.6 Å². The molecule has 0 aliphatic rings. The molecule has 0 bridgehead atoms. The van der Waals surface area contributed by atoms with Crippen LogP contribution < -0.4 is 0 Å². The molecular formula is C22H21ClN2O2S. The highest BCUT2D eigenvalue weighted by Crippen LogP contribution is 2.22. The van der Waals surface area contributed by atoms with E-state index in [1.54, 1.807) is 23.6 Å². The first-order valence-corrected chi connectivity index (χ1v) is 10.3. The number of halogens is 1. The van der Waals surface area contributed by atoms with Crippen LogP contribution in [0.25, 0.3) is 12.2 Å². The number of hydrogen-bond acceptors (Lipinski definition) is 3. The Kier molecular flexibility index (Phi) is 6.85. The molecule has 0 saturated carbocycles. The summed E-state index contributed by atoms with van der Waals surface area (Å²) < 4.78 is 1.99. The number of hydrogen-bond donors (Lipinski definition) is 1. The molecule has 0 aliphatic carbocycles. The Balaban J connectivity index is 2.01. The minimum atomic E-state index is -0.926. The van der Waals surface area contributed by atoms with Crippen LogP contribution in [-0.2, 0) is 17.8 Å². The van der Waals surface area contributed by atoms with Crippen LogP contribution in [0.4, 0.5) is 0 Å². The summed E-state index contributed by atoms with van der Waals surface area (Å²) in [7, 11) is 0. The number of carbonyl (C=O) groups is 1. The van der Waals surface area contributed by atoms with Crippen molar-refractivity contribution in [3.05, 3.63) is 86.6 Å². The average Bonchev–Trinajstić information content (AvgIpc) is 3.32. The first-order valence-electron chi connectivity index (χ1n) is 9.00. The van der Waals surface area contributed by atoms with Gasteiger partial charge in [0.15, 0.2) is 0 Å². The minimum Gasteiger partial charge on any atom is -0.478 e. The van der Waals surface area contributed by atoms with Gasteiger partial charge < -0.3 is 9.67 Å². The number of aliphatic carboxylic acids is 1. The van der Waals surface area contributed by atoms with Crippen molar-refractivity contribution in [2.75, 3.05) is 0 Å². The van der Waals surface area contributed by atoms with Gasteiger partial charge in [0, 0.05) is 21.9 Å². The van der Waals surface area contributed by atoms with Crippen LogP contribution >= 0.6 is 22.9 Å². The van der Waals surface area contributed by atoms with Crippen molar-refractivity contribution in [3.63, 3.8) is 0 Å². The molecule has 6 heteroatoms. The molecule has 0 unspecified atom stereocenters. The third-order valence-corrected chi connectivity index (χ3v) is 5.49. The Labute approximate surface area is 173 Å². The van der Waals surface area contributed by atoms with E-state index in [2.05, 4.69) is 11.9 Å². The molecule has 4 nitrogen and oxygen atoms in total. The second-order valence-corrected chi connectivity index (χ2v) is 7.70. The summed E-state index contributed by atoms with van der Waals surface area (Å²) in [6.45, 7) is 2.57. The van der Waals surface area contributed by atoms with Crippen molar-refractivity contribution in [1.82, 2.24) is 9.55 Å². The van der Waals surface area contributed by atoms with E-state index in [9.17, 15) is 9.90 Å². The van der Waals surface area contributed by atoms with Crippen LogP contribution in [0.1, 0.15) is 35.3 Å². The largest absolute Gasteiger partial charge is 0.478 e. The van der Waals surface area contributed by atoms with E-state index in [1.165, 1.54) is 0 Å². The number of imidazole rings is 1. The lowest BCUT2D eigenvalue weighted by Crippen LogP contribution is -2.07. The average molecular weight is 413 g/mol. The molecular weight excluding hydrogens is 392 g/mol. The van der Waals surface area contributed by atoms with Gasteiger partial charge in [0.1, 0.15) is 5.82 Å². The smallest absolute Gasteiger partial charge is 0.332 e. The Bertz CT molecular complexity index is 1000. The molecule has 0 fully saturated rings. The van der Waals surface area contributed by atoms with E-state index < -0.39 is 5.97 Å². The zero-order chi connectivity index (χ0) is 19.9. The molecule has 0 amide bonds. The molecule has 28 heavy (non-hydrogen) atoms. The van der Waals surface area contributed by atoms with Crippen molar-refractivity contribution >= 4 is 41.1 Å². The minimum absolute atomic E-state index is 0.328. The zero-order valence-corrected chi connectivity index (χ0v) is 17.1. The highest BCUT2D eigenvalue weighted by Gasteiger charge is 2.14. The zero-order valence-electron chi connectivity index (χ0n) is 15.5. The second kappa shape index (κ2) is 9.53. The lowest BCUT2D eigenvalue weighted by Gasteiger charge is -2.11. The summed E-state index contributed by atoms with van der Waals surface area (Å²) >= 11 is 7.89. The number of rotatable bonds is 8. The van der Waals surface area contributed by atoms with Crippen LogP contribution in [-0.4, -0.2) is 20.6 Å². The highest BCUT2D eigenvalue weighted by atomic mass is 35.5. The number of carboxylic acid groups (broad SMARTS) is 1. The Morgan fingerprint density at radius 1 is 1.29 bits per heavy atom. The molecule has 0 radical (unpaired) electrons. The molecule has 3 rings (SSSR count). The molecule has 0 aliphatic heterocycles. The number of benzene rings is 1. The van der Waals surface area contributed by atoms with Gasteiger partial charge in [-0.15, -0.1) is 11.3 Å². The van der Waals surface area contributed by atoms with Gasteiger partial charge in [-0.2, -0.15) is 0 Å². The van der Waals surface area contributed by atoms with Gasteiger partial charge in [0.25, 0.3) is 0 Å². The Morgan fingerprint density at radius 2 is 2.11 bits per heavy atom. The van der Waals surface area contributed by atoms with Gasteiger partial charge in [-0.1, -0.05) is 48.9 Å². The highest BCUT2D eigenvalue weighted by molar-refractivity contribution is 7.09. The molecule has 0 saturated heterocycles. The SMILES string of the molecule is CCC=Cc1ncc(C=C(Cc2cccs2)C(=O)O)n1Cc1ccccc1Cl. The molecule has 1 aromatic carbocycles. The van der Waals surface area contributed by atoms with Crippen molar-refractivity contribution in [3.8, 4) is 0 Å². The van der Waals surface area contributed by atoms with E-state index in [0.717, 1.165) is 28.4 Å². The monoisotopic (exact) mass is 412 g/mol. The van der Waals surface area contributed by atoms with Crippen LogP contribution in [0.2, 0.25) is 5.02 Å². The molecule has 1 N–H and O–H groups in total. The summed E-state index contributed by atoms with van der Waals surface area (Å²) in [4.78, 5) is 17.3. The summed E-state index contributed by atoms with van der Waals surface area (Å²) in [6, 6.07) is 11.5. The van der Waals surface area contributed by atoms with Gasteiger partial charge in [-0.25, -0.2) is 9.78 Å². The number of thiophene rings is 1. The van der Waals surface area contributed by atoms with Crippen molar-refractivity contribution in [1.29, 1.82) is 0 Å². The lowest BCUT2D eigenvalue weighted by molar-refractivity contribution is -0.132. The van der Waals surface area contributed by atoms with Gasteiger partial charge in [0.2, 0.25) is 0 Å². The fourth-order valence-electron chi connectivity index (χ4n) is 2.81. The summed E-state index contributed by atoms with van der Waals surface area (Å²) in [5.74, 6) is -0.154. The van der Waals surface area contributed by atoms with Crippen LogP contribution in [0.3, 0.4) is 0 Å². The molecule has 2 aromatic heterocycles. The Morgan fingerprint density at radius 3 is 2.79 bits per heavy atom. The molecule has 144 valence electrons. The summed E-state index contributed by atoms with van der Waals surface area (Å²) in [5, 5.41) is 12.3. The topological polar surface area (TPSA) is 55.1 Å². The third kappa shape index (κ3) is 5.00. The van der Waals surface area contributed by atoms with E-state index in [1.807, 2.05) is 58.5 Å².